The van der Waals surface area contributed by atoms with Gasteiger partial charge in [0.25, 0.3) is 0 Å². The molecule has 0 bridgehead atoms. The number of carbonyl (C=O) groups excluding carboxylic acids is 1. The molecule has 2 nitrogen and oxygen atoms in total. The largest absolute Gasteiger partial charge is 0.319 e. The SMILES string of the molecule is NC1(C(=O)C2=CCCCCC2)CC1. The van der Waals surface area contributed by atoms with Crippen molar-refractivity contribution in [3.05, 3.63) is 11.6 Å². The molecule has 2 aliphatic rings. The average molecular weight is 179 g/mol. The number of rotatable bonds is 2. The number of hydrogen-bond acceptors (Lipinski definition) is 2. The van der Waals surface area contributed by atoms with Gasteiger partial charge >= 0.3 is 0 Å². The summed E-state index contributed by atoms with van der Waals surface area (Å²) in [6.45, 7) is 0. The Morgan fingerprint density at radius 3 is 2.77 bits per heavy atom. The Morgan fingerprint density at radius 2 is 2.08 bits per heavy atom. The van der Waals surface area contributed by atoms with E-state index in [-0.39, 0.29) is 5.78 Å². The van der Waals surface area contributed by atoms with Crippen LogP contribution >= 0.6 is 0 Å². The lowest BCUT2D eigenvalue weighted by atomic mass is 9.99. The van der Waals surface area contributed by atoms with Crippen LogP contribution in [0.4, 0.5) is 0 Å². The first-order chi connectivity index (χ1) is 6.22. The van der Waals surface area contributed by atoms with Gasteiger partial charge < -0.3 is 5.73 Å². The lowest BCUT2D eigenvalue weighted by Crippen LogP contribution is -2.33. The molecule has 0 heterocycles. The first-order valence-electron chi connectivity index (χ1n) is 5.25. The van der Waals surface area contributed by atoms with Crippen LogP contribution in [-0.2, 0) is 4.79 Å². The van der Waals surface area contributed by atoms with Gasteiger partial charge in [-0.3, -0.25) is 4.79 Å². The second-order valence-corrected chi connectivity index (χ2v) is 4.31. The van der Waals surface area contributed by atoms with E-state index in [0.717, 1.165) is 37.7 Å². The summed E-state index contributed by atoms with van der Waals surface area (Å²) in [6.07, 6.45) is 9.57. The molecular formula is C11H17NO. The van der Waals surface area contributed by atoms with Crippen LogP contribution in [0.25, 0.3) is 0 Å². The highest BCUT2D eigenvalue weighted by Crippen LogP contribution is 2.36. The lowest BCUT2D eigenvalue weighted by molar-refractivity contribution is -0.117. The van der Waals surface area contributed by atoms with Crippen molar-refractivity contribution in [3.8, 4) is 0 Å². The number of hydrogen-bond donors (Lipinski definition) is 1. The van der Waals surface area contributed by atoms with Crippen LogP contribution < -0.4 is 5.73 Å². The standard InChI is InChI=1S/C11H17NO/c12-11(7-8-11)10(13)9-5-3-1-2-4-6-9/h5H,1-4,6-8,12H2. The van der Waals surface area contributed by atoms with Crippen molar-refractivity contribution in [2.75, 3.05) is 0 Å². The topological polar surface area (TPSA) is 43.1 Å². The van der Waals surface area contributed by atoms with Gasteiger partial charge in [0.1, 0.15) is 0 Å². The van der Waals surface area contributed by atoms with Crippen LogP contribution in [0.1, 0.15) is 44.9 Å². The van der Waals surface area contributed by atoms with Crippen molar-refractivity contribution in [1.82, 2.24) is 0 Å². The van der Waals surface area contributed by atoms with Crippen molar-refractivity contribution in [2.45, 2.75) is 50.5 Å². The summed E-state index contributed by atoms with van der Waals surface area (Å²) in [5.41, 5.74) is 6.44. The molecule has 0 spiro atoms. The van der Waals surface area contributed by atoms with Gasteiger partial charge in [-0.1, -0.05) is 12.5 Å². The van der Waals surface area contributed by atoms with Gasteiger partial charge in [-0.25, -0.2) is 0 Å². The smallest absolute Gasteiger partial charge is 0.178 e. The Balaban J connectivity index is 2.05. The van der Waals surface area contributed by atoms with E-state index in [0.29, 0.717) is 0 Å². The summed E-state index contributed by atoms with van der Waals surface area (Å²) in [4.78, 5) is 11.8. The van der Waals surface area contributed by atoms with E-state index < -0.39 is 5.54 Å². The molecular weight excluding hydrogens is 162 g/mol. The Kier molecular flexibility index (Phi) is 2.24. The van der Waals surface area contributed by atoms with Crippen molar-refractivity contribution >= 4 is 5.78 Å². The molecule has 0 saturated heterocycles. The second kappa shape index (κ2) is 3.26. The number of carbonyl (C=O) groups is 1. The normalized spacial score (nSPS) is 26.1. The fourth-order valence-electron chi connectivity index (χ4n) is 1.90. The molecule has 0 aromatic heterocycles. The highest BCUT2D eigenvalue weighted by Gasteiger charge is 2.46. The van der Waals surface area contributed by atoms with Crippen molar-refractivity contribution in [2.24, 2.45) is 5.73 Å². The molecule has 0 aliphatic heterocycles. The summed E-state index contributed by atoms with van der Waals surface area (Å²) in [5, 5.41) is 0. The minimum Gasteiger partial charge on any atom is -0.319 e. The molecule has 0 aromatic rings. The predicted octanol–water partition coefficient (Wildman–Crippen LogP) is 1.94. The minimum atomic E-state index is -0.448. The van der Waals surface area contributed by atoms with Crippen LogP contribution in [0.2, 0.25) is 0 Å². The number of ketones is 1. The van der Waals surface area contributed by atoms with E-state index in [9.17, 15) is 4.79 Å². The van der Waals surface area contributed by atoms with Gasteiger partial charge in [0.05, 0.1) is 5.54 Å². The highest BCUT2D eigenvalue weighted by atomic mass is 16.1. The Hall–Kier alpha value is -0.630. The molecule has 72 valence electrons. The zero-order valence-corrected chi connectivity index (χ0v) is 8.01. The second-order valence-electron chi connectivity index (χ2n) is 4.31. The molecule has 13 heavy (non-hydrogen) atoms. The number of nitrogens with two attached hydrogens (primary N) is 1. The maximum atomic E-state index is 11.8. The molecule has 2 N–H and O–H groups in total. The number of Topliss-reactive ketones (excluding diaryl/α,β-unsaturated/α-hetero) is 1. The van der Waals surface area contributed by atoms with Crippen molar-refractivity contribution in [3.63, 3.8) is 0 Å². The average Bonchev–Trinajstić information content (AvgIpc) is 2.88. The molecule has 0 aromatic carbocycles. The Morgan fingerprint density at radius 1 is 1.31 bits per heavy atom. The summed E-state index contributed by atoms with van der Waals surface area (Å²) in [6, 6.07) is 0. The van der Waals surface area contributed by atoms with E-state index >= 15 is 0 Å². The van der Waals surface area contributed by atoms with Gasteiger partial charge in [-0.2, -0.15) is 0 Å². The van der Waals surface area contributed by atoms with Gasteiger partial charge in [0, 0.05) is 0 Å². The summed E-state index contributed by atoms with van der Waals surface area (Å²) in [5.74, 6) is 0.231. The van der Waals surface area contributed by atoms with Gasteiger partial charge in [0.2, 0.25) is 0 Å². The molecule has 2 aliphatic carbocycles. The van der Waals surface area contributed by atoms with Crippen LogP contribution in [0.15, 0.2) is 11.6 Å². The van der Waals surface area contributed by atoms with E-state index in [1.54, 1.807) is 0 Å². The van der Waals surface area contributed by atoms with Gasteiger partial charge in [-0.15, -0.1) is 0 Å². The van der Waals surface area contributed by atoms with E-state index in [4.69, 9.17) is 5.73 Å². The van der Waals surface area contributed by atoms with Gasteiger partial charge in [-0.05, 0) is 44.1 Å². The molecule has 1 fully saturated rings. The van der Waals surface area contributed by atoms with Crippen LogP contribution in [0, 0.1) is 0 Å². The Labute approximate surface area is 79.2 Å². The molecule has 0 unspecified atom stereocenters. The van der Waals surface area contributed by atoms with E-state index in [1.165, 1.54) is 12.8 Å². The van der Waals surface area contributed by atoms with Crippen molar-refractivity contribution in [1.29, 1.82) is 0 Å². The molecule has 1 saturated carbocycles. The zero-order valence-electron chi connectivity index (χ0n) is 8.01. The summed E-state index contributed by atoms with van der Waals surface area (Å²) >= 11 is 0. The first kappa shape index (κ1) is 8.95. The first-order valence-corrected chi connectivity index (χ1v) is 5.25. The summed E-state index contributed by atoms with van der Waals surface area (Å²) < 4.78 is 0. The monoisotopic (exact) mass is 179 g/mol. The lowest BCUT2D eigenvalue weighted by Gasteiger charge is -2.09. The van der Waals surface area contributed by atoms with Crippen LogP contribution in [-0.4, -0.2) is 11.3 Å². The minimum absolute atomic E-state index is 0.231. The predicted molar refractivity (Wildman–Crippen MR) is 52.3 cm³/mol. The maximum Gasteiger partial charge on any atom is 0.178 e. The van der Waals surface area contributed by atoms with E-state index in [2.05, 4.69) is 6.08 Å². The highest BCUT2D eigenvalue weighted by molar-refractivity contribution is 6.04. The third-order valence-electron chi connectivity index (χ3n) is 3.07. The van der Waals surface area contributed by atoms with Crippen molar-refractivity contribution < 1.29 is 4.79 Å². The quantitative estimate of drug-likeness (QED) is 0.704. The third-order valence-corrected chi connectivity index (χ3v) is 3.07. The van der Waals surface area contributed by atoms with E-state index in [1.807, 2.05) is 0 Å². The van der Waals surface area contributed by atoms with Crippen LogP contribution in [0.5, 0.6) is 0 Å². The molecule has 0 atom stereocenters. The van der Waals surface area contributed by atoms with Gasteiger partial charge in [0.15, 0.2) is 5.78 Å². The molecule has 2 rings (SSSR count). The zero-order chi connectivity index (χ0) is 9.31. The third kappa shape index (κ3) is 1.83. The maximum absolute atomic E-state index is 11.8. The molecule has 2 heteroatoms. The summed E-state index contributed by atoms with van der Waals surface area (Å²) in [7, 11) is 0. The Bertz CT molecular complexity index is 251. The fraction of sp³-hybridized carbons (Fsp3) is 0.727. The molecule has 0 amide bonds. The number of allylic oxidation sites excluding steroid dienone is 1. The molecule has 0 radical (unpaired) electrons. The van der Waals surface area contributed by atoms with Crippen LogP contribution in [0.3, 0.4) is 0 Å². The fourth-order valence-corrected chi connectivity index (χ4v) is 1.90.